The molecule has 0 atom stereocenters. The lowest BCUT2D eigenvalue weighted by atomic mass is 9.84. The van der Waals surface area contributed by atoms with E-state index in [0.29, 0.717) is 0 Å². The summed E-state index contributed by atoms with van der Waals surface area (Å²) in [4.78, 5) is 0. The first-order valence-electron chi connectivity index (χ1n) is 21.7. The Hall–Kier alpha value is -5.14. The van der Waals surface area contributed by atoms with Gasteiger partial charge in [0.25, 0.3) is 0 Å². The molecule has 0 bridgehead atoms. The maximum atomic E-state index is 9.29. The van der Waals surface area contributed by atoms with Crippen LogP contribution in [0, 0.1) is 0 Å². The fraction of sp³-hybridized carbons (Fsp3) is 0. The van der Waals surface area contributed by atoms with Crippen LogP contribution in [0.1, 0.15) is 27.4 Å². The molecule has 182 valence electrons. The van der Waals surface area contributed by atoms with Gasteiger partial charge in [0, 0.05) is 10.8 Å². The molecule has 0 saturated carbocycles. The molecule has 0 spiro atoms. The molecule has 8 aromatic rings. The largest absolute Gasteiger partial charge is 0.456 e. The predicted molar refractivity (Wildman–Crippen MR) is 165 cm³/mol. The van der Waals surface area contributed by atoms with Crippen molar-refractivity contribution in [1.82, 2.24) is 0 Å². The highest BCUT2D eigenvalue weighted by molar-refractivity contribution is 6.25. The highest BCUT2D eigenvalue weighted by Gasteiger charge is 2.19. The third-order valence-corrected chi connectivity index (χ3v) is 6.54. The van der Waals surface area contributed by atoms with Crippen LogP contribution in [0.5, 0.6) is 0 Å². The number of hydrogen-bond acceptors (Lipinski definition) is 1. The van der Waals surface area contributed by atoms with Crippen molar-refractivity contribution < 1.29 is 31.8 Å². The zero-order valence-corrected chi connectivity index (χ0v) is 19.7. The Labute approximate surface area is 254 Å². The first kappa shape index (κ1) is 9.87. The summed E-state index contributed by atoms with van der Waals surface area (Å²) in [5, 5.41) is -2.04. The average Bonchev–Trinajstić information content (AvgIpc) is 3.62. The third kappa shape index (κ3) is 3.41. The van der Waals surface area contributed by atoms with Crippen molar-refractivity contribution in [1.29, 1.82) is 0 Å². The van der Waals surface area contributed by atoms with Gasteiger partial charge < -0.3 is 4.42 Å². The maximum absolute atomic E-state index is 9.29. The predicted octanol–water partition coefficient (Wildman–Crippen LogP) is 10.9. The molecule has 1 heteroatoms. The number of benzene rings is 7. The monoisotopic (exact) mass is 516 g/mol. The van der Waals surface area contributed by atoms with Crippen molar-refractivity contribution in [2.75, 3.05) is 0 Å². The molecular weight excluding hydrogens is 472 g/mol. The van der Waals surface area contributed by atoms with Crippen molar-refractivity contribution in [3.05, 3.63) is 145 Å². The van der Waals surface area contributed by atoms with Crippen LogP contribution in [-0.4, -0.2) is 0 Å². The Morgan fingerprint density at radius 2 is 0.897 bits per heavy atom. The smallest absolute Gasteiger partial charge is 0.136 e. The maximum Gasteiger partial charge on any atom is 0.136 e. The van der Waals surface area contributed by atoms with Crippen LogP contribution >= 0.6 is 0 Å². The summed E-state index contributed by atoms with van der Waals surface area (Å²) < 4.78 is 180. The van der Waals surface area contributed by atoms with Gasteiger partial charge in [0.15, 0.2) is 0 Å². The fourth-order valence-electron chi connectivity index (χ4n) is 4.91. The van der Waals surface area contributed by atoms with Gasteiger partial charge in [-0.3, -0.25) is 0 Å². The molecule has 8 rings (SSSR count). The lowest BCUT2D eigenvalue weighted by Crippen LogP contribution is -1.91. The van der Waals surface area contributed by atoms with Gasteiger partial charge in [-0.25, -0.2) is 0 Å². The summed E-state index contributed by atoms with van der Waals surface area (Å²) in [7, 11) is 0. The Balaban J connectivity index is 1.65. The minimum atomic E-state index is -0.781. The van der Waals surface area contributed by atoms with Crippen molar-refractivity contribution >= 4 is 43.5 Å². The van der Waals surface area contributed by atoms with Crippen LogP contribution in [0.15, 0.2) is 150 Å². The van der Waals surface area contributed by atoms with Crippen molar-refractivity contribution in [3.8, 4) is 33.4 Å². The Kier molecular flexibility index (Phi) is 2.21. The number of hydrogen-bond donors (Lipinski definition) is 0. The standard InChI is InChI=1S/C38H24O/c1-2-11-25(12-3-1)26-21-23-27(24-22-26)36-28-13-4-6-15-30(28)37(31-16-7-5-14-29(31)36)33-18-10-20-35-38(33)32-17-8-9-19-34(32)39-35/h1-24H/i1D,2D,3D,4D,5D,6D,7D,8D,9D,10D,11D,12D,13D,14D,15D,16D,17D,18D,19D,20D. The minimum Gasteiger partial charge on any atom is -0.456 e. The number of fused-ring (bicyclic) bond motifs is 5. The zero-order valence-electron chi connectivity index (χ0n) is 39.7. The SMILES string of the molecule is [2H]c1c([2H])c([2H])c(-c2ccc(-c3c4c([2H])c([2H])c([2H])c([2H])c4c(-c4c([2H])c([2H])c([2H])c5oc6c([2H])c([2H])c([2H])c([2H])c6c45)c4c([2H])c([2H])c([2H])c([2H])c34)cc2)c([2H])c1[2H]. The van der Waals surface area contributed by atoms with Gasteiger partial charge in [0.2, 0.25) is 0 Å². The van der Waals surface area contributed by atoms with Gasteiger partial charge in [0.1, 0.15) is 11.2 Å². The normalized spacial score (nSPS) is 18.8. The number of furan rings is 1. The van der Waals surface area contributed by atoms with Gasteiger partial charge in [-0.1, -0.05) is 133 Å². The van der Waals surface area contributed by atoms with Crippen LogP contribution in [0.3, 0.4) is 0 Å². The van der Waals surface area contributed by atoms with Crippen LogP contribution in [0.25, 0.3) is 76.9 Å². The number of rotatable bonds is 3. The van der Waals surface area contributed by atoms with E-state index >= 15 is 0 Å². The summed E-state index contributed by atoms with van der Waals surface area (Å²) in [5.41, 5.74) is -1.77. The van der Waals surface area contributed by atoms with E-state index in [4.69, 9.17) is 25.0 Å². The van der Waals surface area contributed by atoms with E-state index in [1.54, 1.807) is 0 Å². The molecule has 0 unspecified atom stereocenters. The molecule has 0 aliphatic carbocycles. The van der Waals surface area contributed by atoms with Crippen molar-refractivity contribution in [2.24, 2.45) is 0 Å². The molecule has 0 fully saturated rings. The van der Waals surface area contributed by atoms with E-state index in [9.17, 15) is 6.85 Å². The minimum absolute atomic E-state index is 0.111. The molecule has 0 amide bonds. The summed E-state index contributed by atoms with van der Waals surface area (Å²) in [6, 6.07) is -7.98. The Bertz CT molecular complexity index is 3150. The lowest BCUT2D eigenvalue weighted by molar-refractivity contribution is 0.669. The van der Waals surface area contributed by atoms with Crippen molar-refractivity contribution in [3.63, 3.8) is 0 Å². The van der Waals surface area contributed by atoms with Gasteiger partial charge in [-0.05, 0) is 67.0 Å². The Morgan fingerprint density at radius 1 is 0.385 bits per heavy atom. The molecule has 0 aliphatic heterocycles. The van der Waals surface area contributed by atoms with E-state index in [0.717, 1.165) is 0 Å². The molecule has 1 heterocycles. The molecule has 0 N–H and O–H groups in total. The van der Waals surface area contributed by atoms with E-state index in [1.165, 1.54) is 24.3 Å². The molecule has 0 aliphatic rings. The highest BCUT2D eigenvalue weighted by atomic mass is 16.3. The van der Waals surface area contributed by atoms with E-state index in [2.05, 4.69) is 0 Å². The summed E-state index contributed by atoms with van der Waals surface area (Å²) >= 11 is 0. The van der Waals surface area contributed by atoms with E-state index in [-0.39, 0.29) is 54.6 Å². The molecule has 7 aromatic carbocycles. The van der Waals surface area contributed by atoms with Crippen LogP contribution < -0.4 is 0 Å². The van der Waals surface area contributed by atoms with Crippen LogP contribution in [0.2, 0.25) is 0 Å². The molecule has 39 heavy (non-hydrogen) atoms. The second-order valence-corrected chi connectivity index (χ2v) is 8.59. The summed E-state index contributed by atoms with van der Waals surface area (Å²) in [6.45, 7) is 0. The van der Waals surface area contributed by atoms with Crippen LogP contribution in [0.4, 0.5) is 0 Å². The van der Waals surface area contributed by atoms with Gasteiger partial charge in [0.05, 0.1) is 27.4 Å². The first-order chi connectivity index (χ1) is 27.7. The molecule has 1 aromatic heterocycles. The van der Waals surface area contributed by atoms with Crippen molar-refractivity contribution in [2.45, 2.75) is 0 Å². The third-order valence-electron chi connectivity index (χ3n) is 6.54. The quantitative estimate of drug-likeness (QED) is 0.213. The second kappa shape index (κ2) is 8.72. The molecule has 1 nitrogen and oxygen atoms in total. The number of para-hydroxylation sites is 1. The van der Waals surface area contributed by atoms with Gasteiger partial charge in [-0.15, -0.1) is 0 Å². The van der Waals surface area contributed by atoms with Crippen LogP contribution in [-0.2, 0) is 0 Å². The molecule has 0 saturated heterocycles. The topological polar surface area (TPSA) is 13.1 Å². The average molecular weight is 517 g/mol. The second-order valence-electron chi connectivity index (χ2n) is 8.59. The van der Waals surface area contributed by atoms with E-state index in [1.807, 2.05) is 0 Å². The van der Waals surface area contributed by atoms with Gasteiger partial charge >= 0.3 is 0 Å². The fourth-order valence-corrected chi connectivity index (χ4v) is 4.91. The lowest BCUT2D eigenvalue weighted by Gasteiger charge is -2.18. The summed E-state index contributed by atoms with van der Waals surface area (Å²) in [6.07, 6.45) is 0. The van der Waals surface area contributed by atoms with Gasteiger partial charge in [-0.2, -0.15) is 0 Å². The molecule has 0 radical (unpaired) electrons. The molecular formula is C38H24O. The zero-order chi connectivity index (χ0) is 43.2. The van der Waals surface area contributed by atoms with E-state index < -0.39 is 143 Å². The first-order valence-corrected chi connectivity index (χ1v) is 11.7. The summed E-state index contributed by atoms with van der Waals surface area (Å²) in [5.74, 6) is 0. The highest BCUT2D eigenvalue weighted by Crippen LogP contribution is 2.46. The Morgan fingerprint density at radius 3 is 1.56 bits per heavy atom.